The van der Waals surface area contributed by atoms with E-state index in [1.54, 1.807) is 0 Å². The number of piperidine rings is 1. The fraction of sp³-hybridized carbons (Fsp3) is 0.346. The molecule has 4 heterocycles. The highest BCUT2D eigenvalue weighted by molar-refractivity contribution is 5.95. The van der Waals surface area contributed by atoms with Gasteiger partial charge in [0.05, 0.1) is 11.2 Å². The molecule has 164 valence electrons. The maximum absolute atomic E-state index is 6.31. The van der Waals surface area contributed by atoms with E-state index in [1.807, 2.05) is 0 Å². The van der Waals surface area contributed by atoms with Gasteiger partial charge in [-0.15, -0.1) is 0 Å². The summed E-state index contributed by atoms with van der Waals surface area (Å²) in [7, 11) is 0. The molecule has 0 amide bonds. The lowest BCUT2D eigenvalue weighted by Gasteiger charge is -2.31. The Kier molecular flexibility index (Phi) is 4.87. The summed E-state index contributed by atoms with van der Waals surface area (Å²) in [5, 5.41) is 12.5. The lowest BCUT2D eigenvalue weighted by Crippen LogP contribution is -2.28. The third kappa shape index (κ3) is 3.45. The lowest BCUT2D eigenvalue weighted by molar-refractivity contribution is 0.326. The summed E-state index contributed by atoms with van der Waals surface area (Å²) in [6.07, 6.45) is 12.2. The Bertz CT molecular complexity index is 1250. The van der Waals surface area contributed by atoms with Crippen molar-refractivity contribution in [1.29, 1.82) is 0 Å². The highest BCUT2D eigenvalue weighted by Crippen LogP contribution is 2.35. The number of likely N-dealkylation sites (tertiary alicyclic amines) is 1. The van der Waals surface area contributed by atoms with Crippen molar-refractivity contribution in [2.45, 2.75) is 32.1 Å². The molecule has 0 spiro atoms. The minimum Gasteiger partial charge on any atom is -0.402 e. The van der Waals surface area contributed by atoms with Gasteiger partial charge in [0.25, 0.3) is 0 Å². The number of fused-ring (bicyclic) bond motifs is 2. The van der Waals surface area contributed by atoms with Crippen LogP contribution in [0, 0.1) is 0 Å². The second-order valence-electron chi connectivity index (χ2n) is 9.11. The number of rotatable bonds is 3. The molecule has 6 nitrogen and oxygen atoms in total. The van der Waals surface area contributed by atoms with E-state index in [9.17, 15) is 0 Å². The highest BCUT2D eigenvalue weighted by Gasteiger charge is 2.23. The molecule has 0 atom stereocenters. The minimum atomic E-state index is 0.733. The zero-order valence-corrected chi connectivity index (χ0v) is 18.4. The molecule has 0 saturated carbocycles. The average molecular weight is 427 g/mol. The summed E-state index contributed by atoms with van der Waals surface area (Å²) in [5.74, 6) is 0. The van der Waals surface area contributed by atoms with E-state index < -0.39 is 0 Å². The molecule has 2 aliphatic heterocycles. The molecule has 6 rings (SSSR count). The van der Waals surface area contributed by atoms with Crippen LogP contribution in [-0.2, 0) is 6.42 Å². The quantitative estimate of drug-likeness (QED) is 0.507. The first-order chi connectivity index (χ1) is 15.8. The van der Waals surface area contributed by atoms with E-state index in [2.05, 4.69) is 62.8 Å². The maximum atomic E-state index is 6.31. The Labute approximate surface area is 188 Å². The van der Waals surface area contributed by atoms with Crippen LogP contribution >= 0.6 is 0 Å². The van der Waals surface area contributed by atoms with Gasteiger partial charge < -0.3 is 20.9 Å². The molecule has 0 bridgehead atoms. The van der Waals surface area contributed by atoms with Gasteiger partial charge in [0, 0.05) is 54.1 Å². The van der Waals surface area contributed by atoms with Crippen molar-refractivity contribution < 1.29 is 0 Å². The summed E-state index contributed by atoms with van der Waals surface area (Å²) in [4.78, 5) is 6.18. The Morgan fingerprint density at radius 2 is 1.94 bits per heavy atom. The number of hydrogen-bond acceptors (Lipinski definition) is 4. The number of H-pyrrole nitrogens is 2. The van der Waals surface area contributed by atoms with E-state index >= 15 is 0 Å². The van der Waals surface area contributed by atoms with E-state index in [0.717, 1.165) is 67.0 Å². The molecule has 3 aromatic rings. The maximum Gasteiger partial charge on any atom is 0.116 e. The largest absolute Gasteiger partial charge is 0.402 e. The smallest absolute Gasteiger partial charge is 0.116 e. The Morgan fingerprint density at radius 1 is 1.03 bits per heavy atom. The Balaban J connectivity index is 1.42. The summed E-state index contributed by atoms with van der Waals surface area (Å²) in [6, 6.07) is 8.91. The number of aromatic amines is 2. The third-order valence-electron chi connectivity index (χ3n) is 6.96. The standard InChI is InChI=1S/C26H30N6/c27-19-5-7-25(32-12-2-1-3-13-32)20-16-24(29-23(20)15-19)26-21-14-18(4-6-22(21)30-31-26)17-8-10-28-11-9-17/h4-8,14,16,28-29H,1-3,9-13,15,27H2,(H,30,31). The molecule has 1 aromatic carbocycles. The van der Waals surface area contributed by atoms with Crippen LogP contribution in [0.1, 0.15) is 42.5 Å². The van der Waals surface area contributed by atoms with Gasteiger partial charge in [-0.1, -0.05) is 12.1 Å². The molecule has 0 unspecified atom stereocenters. The normalized spacial score (nSPS) is 19.2. The first kappa shape index (κ1) is 19.4. The van der Waals surface area contributed by atoms with Gasteiger partial charge in [-0.25, -0.2) is 0 Å². The van der Waals surface area contributed by atoms with Gasteiger partial charge in [0.2, 0.25) is 0 Å². The summed E-state index contributed by atoms with van der Waals surface area (Å²) < 4.78 is 0. The number of benzene rings is 1. The molecule has 6 heteroatoms. The van der Waals surface area contributed by atoms with Gasteiger partial charge in [0.1, 0.15) is 5.69 Å². The van der Waals surface area contributed by atoms with Crippen molar-refractivity contribution in [3.63, 3.8) is 0 Å². The molecule has 1 saturated heterocycles. The number of nitrogens with one attached hydrogen (secondary N) is 3. The van der Waals surface area contributed by atoms with Crippen LogP contribution in [-0.4, -0.2) is 46.3 Å². The highest BCUT2D eigenvalue weighted by atomic mass is 15.1. The Morgan fingerprint density at radius 3 is 2.78 bits per heavy atom. The zero-order chi connectivity index (χ0) is 21.5. The van der Waals surface area contributed by atoms with Gasteiger partial charge >= 0.3 is 0 Å². The number of aromatic nitrogens is 3. The monoisotopic (exact) mass is 426 g/mol. The summed E-state index contributed by atoms with van der Waals surface area (Å²) >= 11 is 0. The molecule has 32 heavy (non-hydrogen) atoms. The number of nitrogens with two attached hydrogens (primary N) is 1. The van der Waals surface area contributed by atoms with Crippen molar-refractivity contribution >= 4 is 22.2 Å². The molecule has 3 aliphatic rings. The molecular weight excluding hydrogens is 396 g/mol. The van der Waals surface area contributed by atoms with Crippen LogP contribution in [0.15, 0.2) is 48.2 Å². The molecule has 1 aliphatic carbocycles. The first-order valence-electron chi connectivity index (χ1n) is 11.8. The predicted molar refractivity (Wildman–Crippen MR) is 131 cm³/mol. The number of hydrogen-bond donors (Lipinski definition) is 4. The predicted octanol–water partition coefficient (Wildman–Crippen LogP) is 4.16. The van der Waals surface area contributed by atoms with Crippen LogP contribution in [0.4, 0.5) is 0 Å². The number of nitrogens with zero attached hydrogens (tertiary/aromatic N) is 2. The van der Waals surface area contributed by atoms with E-state index in [0.29, 0.717) is 0 Å². The fourth-order valence-electron chi connectivity index (χ4n) is 5.25. The lowest BCUT2D eigenvalue weighted by atomic mass is 9.98. The van der Waals surface area contributed by atoms with Gasteiger partial charge in [-0.05, 0) is 73.7 Å². The van der Waals surface area contributed by atoms with Crippen LogP contribution < -0.4 is 11.1 Å². The molecular formula is C26H30N6. The van der Waals surface area contributed by atoms with E-state index in [-0.39, 0.29) is 0 Å². The summed E-state index contributed by atoms with van der Waals surface area (Å²) in [6.45, 7) is 4.19. The van der Waals surface area contributed by atoms with E-state index in [1.165, 1.54) is 47.4 Å². The van der Waals surface area contributed by atoms with Crippen molar-refractivity contribution in [3.05, 3.63) is 65.0 Å². The second-order valence-corrected chi connectivity index (χ2v) is 9.11. The minimum absolute atomic E-state index is 0.733. The van der Waals surface area contributed by atoms with Crippen LogP contribution in [0.25, 0.3) is 33.6 Å². The van der Waals surface area contributed by atoms with Gasteiger partial charge in [-0.3, -0.25) is 5.10 Å². The molecule has 1 fully saturated rings. The van der Waals surface area contributed by atoms with Crippen LogP contribution in [0.3, 0.4) is 0 Å². The third-order valence-corrected chi connectivity index (χ3v) is 6.96. The van der Waals surface area contributed by atoms with Crippen molar-refractivity contribution in [2.75, 3.05) is 26.2 Å². The molecule has 5 N–H and O–H groups in total. The van der Waals surface area contributed by atoms with Crippen molar-refractivity contribution in [1.82, 2.24) is 25.4 Å². The number of allylic oxidation sites excluding steroid dienone is 3. The first-order valence-corrected chi connectivity index (χ1v) is 11.8. The van der Waals surface area contributed by atoms with Crippen molar-refractivity contribution in [3.8, 4) is 11.4 Å². The Hall–Kier alpha value is -3.25. The topological polar surface area (TPSA) is 85.8 Å². The fourth-order valence-corrected chi connectivity index (χ4v) is 5.25. The second kappa shape index (κ2) is 8.02. The molecule has 2 aromatic heterocycles. The van der Waals surface area contributed by atoms with Crippen molar-refractivity contribution in [2.24, 2.45) is 5.73 Å². The van der Waals surface area contributed by atoms with E-state index in [4.69, 9.17) is 10.8 Å². The van der Waals surface area contributed by atoms with Crippen LogP contribution in [0.2, 0.25) is 0 Å². The summed E-state index contributed by atoms with van der Waals surface area (Å²) in [5.41, 5.74) is 16.7. The average Bonchev–Trinajstić information content (AvgIpc) is 3.40. The zero-order valence-electron chi connectivity index (χ0n) is 18.4. The van der Waals surface area contributed by atoms with Gasteiger partial charge in [-0.2, -0.15) is 5.10 Å². The molecule has 0 radical (unpaired) electrons. The SMILES string of the molecule is NC1=CC=C(N2CCCCC2)c2cc(-c3n[nH]c4ccc(C5=CCNCC5)cc34)[nH]c2C1. The van der Waals surface area contributed by atoms with Crippen LogP contribution in [0.5, 0.6) is 0 Å². The van der Waals surface area contributed by atoms with Gasteiger partial charge in [0.15, 0.2) is 0 Å².